The molecule has 0 saturated carbocycles. The molecule has 0 unspecified atom stereocenters. The van der Waals surface area contributed by atoms with Gasteiger partial charge in [0.25, 0.3) is 5.69 Å². The predicted octanol–water partition coefficient (Wildman–Crippen LogP) is 3.84. The van der Waals surface area contributed by atoms with E-state index in [0.29, 0.717) is 12.1 Å². The minimum Gasteiger partial charge on any atom is -0.382 e. The minimum atomic E-state index is -0.444. The molecule has 0 aromatic heterocycles. The lowest BCUT2D eigenvalue weighted by Crippen LogP contribution is -2.42. The van der Waals surface area contributed by atoms with E-state index in [4.69, 9.17) is 11.6 Å². The van der Waals surface area contributed by atoms with Crippen LogP contribution in [0, 0.1) is 17.0 Å². The number of hydrogen-bond donors (Lipinski definition) is 1. The maximum Gasteiger partial charge on any atom is 0.288 e. The smallest absolute Gasteiger partial charge is 0.288 e. The fourth-order valence-corrected chi connectivity index (χ4v) is 2.97. The second kappa shape index (κ2) is 6.62. The molecule has 0 aliphatic carbocycles. The number of nitro benzene ring substituents is 1. The van der Waals surface area contributed by atoms with E-state index in [1.165, 1.54) is 6.07 Å². The van der Waals surface area contributed by atoms with E-state index in [1.807, 2.05) is 6.92 Å². The number of nitrogens with one attached hydrogen (secondary N) is 1. The molecular weight excluding hydrogens is 290 g/mol. The first-order chi connectivity index (χ1) is 9.88. The van der Waals surface area contributed by atoms with Crippen molar-refractivity contribution in [1.29, 1.82) is 0 Å². The van der Waals surface area contributed by atoms with Crippen LogP contribution in [0.25, 0.3) is 0 Å². The molecule has 1 heterocycles. The predicted molar refractivity (Wildman–Crippen MR) is 86.2 cm³/mol. The summed E-state index contributed by atoms with van der Waals surface area (Å²) in [6.07, 6.45) is 2.15. The molecule has 6 heteroatoms. The third-order valence-electron chi connectivity index (χ3n) is 4.11. The van der Waals surface area contributed by atoms with Crippen molar-refractivity contribution < 1.29 is 4.92 Å². The zero-order valence-corrected chi connectivity index (χ0v) is 13.5. The number of likely N-dealkylation sites (tertiary alicyclic amines) is 1. The van der Waals surface area contributed by atoms with Crippen LogP contribution in [0.15, 0.2) is 12.1 Å². The van der Waals surface area contributed by atoms with Crippen LogP contribution in [0.1, 0.15) is 32.3 Å². The highest BCUT2D eigenvalue weighted by Gasteiger charge is 2.22. The molecule has 0 atom stereocenters. The van der Waals surface area contributed by atoms with E-state index < -0.39 is 4.92 Å². The lowest BCUT2D eigenvalue weighted by Gasteiger charge is -2.35. The van der Waals surface area contributed by atoms with Gasteiger partial charge in [0.2, 0.25) is 0 Å². The van der Waals surface area contributed by atoms with Crippen molar-refractivity contribution in [3.05, 3.63) is 32.8 Å². The molecule has 0 amide bonds. The largest absolute Gasteiger partial charge is 0.382 e. The molecule has 116 valence electrons. The molecule has 0 bridgehead atoms. The standard InChI is InChI=1S/C15H22ClN3O2/c1-10(2)18-6-4-12(5-7-18)17-14-9-13(16)15(19(20)21)8-11(14)3/h8-10,12,17H,4-7H2,1-3H3. The number of halogens is 1. The summed E-state index contributed by atoms with van der Waals surface area (Å²) in [5.74, 6) is 0. The van der Waals surface area contributed by atoms with E-state index in [9.17, 15) is 10.1 Å². The minimum absolute atomic E-state index is 0.0330. The Labute approximate surface area is 130 Å². The molecule has 1 aromatic rings. The number of rotatable bonds is 4. The van der Waals surface area contributed by atoms with Crippen LogP contribution in [0.2, 0.25) is 5.02 Å². The molecule has 21 heavy (non-hydrogen) atoms. The zero-order valence-electron chi connectivity index (χ0n) is 12.7. The summed E-state index contributed by atoms with van der Waals surface area (Å²) in [5.41, 5.74) is 1.72. The van der Waals surface area contributed by atoms with Crippen LogP contribution in [0.5, 0.6) is 0 Å². The number of hydrogen-bond acceptors (Lipinski definition) is 4. The Morgan fingerprint density at radius 3 is 2.52 bits per heavy atom. The molecule has 1 fully saturated rings. The fraction of sp³-hybridized carbons (Fsp3) is 0.600. The van der Waals surface area contributed by atoms with Crippen molar-refractivity contribution in [3.63, 3.8) is 0 Å². The first-order valence-electron chi connectivity index (χ1n) is 7.33. The number of nitrogens with zero attached hydrogens (tertiary/aromatic N) is 2. The number of piperidine rings is 1. The Bertz CT molecular complexity index is 526. The molecular formula is C15H22ClN3O2. The van der Waals surface area contributed by atoms with Gasteiger partial charge < -0.3 is 10.2 Å². The van der Waals surface area contributed by atoms with Gasteiger partial charge in [-0.25, -0.2) is 0 Å². The monoisotopic (exact) mass is 311 g/mol. The van der Waals surface area contributed by atoms with Crippen LogP contribution >= 0.6 is 11.6 Å². The summed E-state index contributed by atoms with van der Waals surface area (Å²) in [7, 11) is 0. The van der Waals surface area contributed by atoms with E-state index >= 15 is 0 Å². The normalized spacial score (nSPS) is 17.2. The Balaban J connectivity index is 2.04. The van der Waals surface area contributed by atoms with Crippen molar-refractivity contribution in [1.82, 2.24) is 4.90 Å². The van der Waals surface area contributed by atoms with Crippen LogP contribution < -0.4 is 5.32 Å². The van der Waals surface area contributed by atoms with Gasteiger partial charge in [-0.2, -0.15) is 0 Å². The van der Waals surface area contributed by atoms with Crippen LogP contribution in [-0.2, 0) is 0 Å². The van der Waals surface area contributed by atoms with E-state index in [1.54, 1.807) is 6.07 Å². The van der Waals surface area contributed by atoms with Gasteiger partial charge >= 0.3 is 0 Å². The summed E-state index contributed by atoms with van der Waals surface area (Å²) >= 11 is 5.99. The van der Waals surface area contributed by atoms with Gasteiger partial charge in [0.1, 0.15) is 5.02 Å². The molecule has 5 nitrogen and oxygen atoms in total. The third-order valence-corrected chi connectivity index (χ3v) is 4.41. The van der Waals surface area contributed by atoms with Crippen LogP contribution in [-0.4, -0.2) is 35.0 Å². The lowest BCUT2D eigenvalue weighted by molar-refractivity contribution is -0.384. The number of anilines is 1. The van der Waals surface area contributed by atoms with Crippen molar-refractivity contribution >= 4 is 23.0 Å². The summed E-state index contributed by atoms with van der Waals surface area (Å²) in [6, 6.07) is 4.19. The van der Waals surface area contributed by atoms with Crippen LogP contribution in [0.4, 0.5) is 11.4 Å². The molecule has 1 aliphatic rings. The summed E-state index contributed by atoms with van der Waals surface area (Å²) in [6.45, 7) is 8.46. The van der Waals surface area contributed by atoms with Crippen LogP contribution in [0.3, 0.4) is 0 Å². The number of aryl methyl sites for hydroxylation is 1. The first-order valence-corrected chi connectivity index (χ1v) is 7.71. The second-order valence-corrected chi connectivity index (χ2v) is 6.33. The molecule has 2 rings (SSSR count). The second-order valence-electron chi connectivity index (χ2n) is 5.92. The number of nitro groups is 1. The fourth-order valence-electron chi connectivity index (χ4n) is 2.74. The summed E-state index contributed by atoms with van der Waals surface area (Å²) in [4.78, 5) is 12.9. The molecule has 0 radical (unpaired) electrons. The Hall–Kier alpha value is -1.33. The highest BCUT2D eigenvalue weighted by atomic mass is 35.5. The maximum atomic E-state index is 10.9. The molecule has 1 aliphatic heterocycles. The van der Waals surface area contributed by atoms with E-state index in [2.05, 4.69) is 24.1 Å². The third kappa shape index (κ3) is 3.86. The van der Waals surface area contributed by atoms with Gasteiger partial charge in [-0.15, -0.1) is 0 Å². The average molecular weight is 312 g/mol. The number of benzene rings is 1. The van der Waals surface area contributed by atoms with Crippen molar-refractivity contribution in [2.24, 2.45) is 0 Å². The molecule has 0 spiro atoms. The van der Waals surface area contributed by atoms with Crippen molar-refractivity contribution in [2.45, 2.75) is 45.7 Å². The van der Waals surface area contributed by atoms with Gasteiger partial charge in [0.15, 0.2) is 0 Å². The summed E-state index contributed by atoms with van der Waals surface area (Å²) in [5, 5.41) is 14.5. The van der Waals surface area contributed by atoms with Gasteiger partial charge in [-0.3, -0.25) is 10.1 Å². The van der Waals surface area contributed by atoms with Gasteiger partial charge in [-0.1, -0.05) is 11.6 Å². The topological polar surface area (TPSA) is 58.4 Å². The van der Waals surface area contributed by atoms with E-state index in [0.717, 1.165) is 37.2 Å². The average Bonchev–Trinajstić information content (AvgIpc) is 2.42. The first kappa shape index (κ1) is 16.0. The van der Waals surface area contributed by atoms with Crippen molar-refractivity contribution in [2.75, 3.05) is 18.4 Å². The molecule has 1 N–H and O–H groups in total. The SMILES string of the molecule is Cc1cc([N+](=O)[O-])c(Cl)cc1NC1CCN(C(C)C)CC1. The Morgan fingerprint density at radius 2 is 2.00 bits per heavy atom. The quantitative estimate of drug-likeness (QED) is 0.678. The Kier molecular flexibility index (Phi) is 5.06. The van der Waals surface area contributed by atoms with E-state index in [-0.39, 0.29) is 10.7 Å². The van der Waals surface area contributed by atoms with Crippen molar-refractivity contribution in [3.8, 4) is 0 Å². The van der Waals surface area contributed by atoms with Gasteiger partial charge in [0, 0.05) is 36.9 Å². The lowest BCUT2D eigenvalue weighted by atomic mass is 10.0. The summed E-state index contributed by atoms with van der Waals surface area (Å²) < 4.78 is 0. The zero-order chi connectivity index (χ0) is 15.6. The highest BCUT2D eigenvalue weighted by Crippen LogP contribution is 2.31. The van der Waals surface area contributed by atoms with Gasteiger partial charge in [0.05, 0.1) is 4.92 Å². The maximum absolute atomic E-state index is 10.9. The van der Waals surface area contributed by atoms with Gasteiger partial charge in [-0.05, 0) is 45.2 Å². The highest BCUT2D eigenvalue weighted by molar-refractivity contribution is 6.33. The Morgan fingerprint density at radius 1 is 1.38 bits per heavy atom. The molecule has 1 saturated heterocycles. The molecule has 1 aromatic carbocycles.